The van der Waals surface area contributed by atoms with Crippen LogP contribution in [-0.4, -0.2) is 59.6 Å². The van der Waals surface area contributed by atoms with Gasteiger partial charge < -0.3 is 15.5 Å². The highest BCUT2D eigenvalue weighted by Crippen LogP contribution is 2.17. The summed E-state index contributed by atoms with van der Waals surface area (Å²) < 4.78 is 0. The standard InChI is InChI=1S/C14H21N5O/c1-2-15-13-7-11(3-4-16-13)9-18-5-6-19-12(10-18)8-17-14(19)20/h3-4,7,12H,2,5-6,8-10H2,1H3,(H,15,16)(H,17,20). The Morgan fingerprint density at radius 2 is 2.40 bits per heavy atom. The Morgan fingerprint density at radius 1 is 1.50 bits per heavy atom. The summed E-state index contributed by atoms with van der Waals surface area (Å²) in [4.78, 5) is 20.2. The van der Waals surface area contributed by atoms with Crippen molar-refractivity contribution in [3.05, 3.63) is 23.9 Å². The SMILES string of the molecule is CCNc1cc(CN2CCN3C(=O)NCC3C2)ccn1. The number of hydrogen-bond donors (Lipinski definition) is 2. The summed E-state index contributed by atoms with van der Waals surface area (Å²) in [5, 5.41) is 6.15. The van der Waals surface area contributed by atoms with Gasteiger partial charge in [-0.2, -0.15) is 0 Å². The van der Waals surface area contributed by atoms with Crippen molar-refractivity contribution in [2.24, 2.45) is 0 Å². The van der Waals surface area contributed by atoms with Gasteiger partial charge in [-0.25, -0.2) is 9.78 Å². The summed E-state index contributed by atoms with van der Waals surface area (Å²) in [6.45, 7) is 7.33. The zero-order valence-electron chi connectivity index (χ0n) is 11.8. The summed E-state index contributed by atoms with van der Waals surface area (Å²) in [5.41, 5.74) is 1.27. The van der Waals surface area contributed by atoms with Crippen molar-refractivity contribution < 1.29 is 4.79 Å². The number of nitrogens with zero attached hydrogens (tertiary/aromatic N) is 3. The zero-order chi connectivity index (χ0) is 13.9. The van der Waals surface area contributed by atoms with E-state index in [1.54, 1.807) is 0 Å². The van der Waals surface area contributed by atoms with E-state index in [1.165, 1.54) is 5.56 Å². The molecule has 0 spiro atoms. The first kappa shape index (κ1) is 13.2. The molecule has 2 fully saturated rings. The molecule has 6 heteroatoms. The van der Waals surface area contributed by atoms with E-state index in [1.807, 2.05) is 11.1 Å². The fourth-order valence-corrected chi connectivity index (χ4v) is 2.92. The molecule has 0 bridgehead atoms. The van der Waals surface area contributed by atoms with Gasteiger partial charge in [0.1, 0.15) is 5.82 Å². The van der Waals surface area contributed by atoms with Crippen LogP contribution in [0.4, 0.5) is 10.6 Å². The maximum Gasteiger partial charge on any atom is 0.317 e. The highest BCUT2D eigenvalue weighted by atomic mass is 16.2. The molecule has 2 N–H and O–H groups in total. The highest BCUT2D eigenvalue weighted by Gasteiger charge is 2.35. The molecular formula is C14H21N5O. The molecule has 2 aliphatic heterocycles. The smallest absolute Gasteiger partial charge is 0.317 e. The van der Waals surface area contributed by atoms with Crippen molar-refractivity contribution in [3.63, 3.8) is 0 Å². The summed E-state index contributed by atoms with van der Waals surface area (Å²) in [6, 6.07) is 4.58. The lowest BCUT2D eigenvalue weighted by Gasteiger charge is -2.36. The predicted octanol–water partition coefficient (Wildman–Crippen LogP) is 0.723. The third-order valence-electron chi connectivity index (χ3n) is 3.91. The van der Waals surface area contributed by atoms with Gasteiger partial charge in [0, 0.05) is 45.5 Å². The molecular weight excluding hydrogens is 254 g/mol. The van der Waals surface area contributed by atoms with Gasteiger partial charge in [0.25, 0.3) is 0 Å². The van der Waals surface area contributed by atoms with Crippen molar-refractivity contribution in [2.75, 3.05) is 38.0 Å². The minimum absolute atomic E-state index is 0.0907. The van der Waals surface area contributed by atoms with Gasteiger partial charge in [0.05, 0.1) is 6.04 Å². The molecule has 1 unspecified atom stereocenters. The van der Waals surface area contributed by atoms with Gasteiger partial charge in [0.2, 0.25) is 0 Å². The fraction of sp³-hybridized carbons (Fsp3) is 0.571. The lowest BCUT2D eigenvalue weighted by atomic mass is 10.1. The first-order chi connectivity index (χ1) is 9.76. The maximum absolute atomic E-state index is 11.6. The molecule has 2 amide bonds. The summed E-state index contributed by atoms with van der Waals surface area (Å²) in [7, 11) is 0. The molecule has 1 aromatic heterocycles. The molecule has 6 nitrogen and oxygen atoms in total. The number of fused-ring (bicyclic) bond motifs is 1. The number of amides is 2. The van der Waals surface area contributed by atoms with Crippen molar-refractivity contribution in [2.45, 2.75) is 19.5 Å². The molecule has 20 heavy (non-hydrogen) atoms. The molecule has 0 aromatic carbocycles. The van der Waals surface area contributed by atoms with E-state index < -0.39 is 0 Å². The Kier molecular flexibility index (Phi) is 3.73. The number of nitrogens with one attached hydrogen (secondary N) is 2. The highest BCUT2D eigenvalue weighted by molar-refractivity contribution is 5.77. The average Bonchev–Trinajstić information content (AvgIpc) is 2.81. The van der Waals surface area contributed by atoms with Crippen LogP contribution < -0.4 is 10.6 Å². The van der Waals surface area contributed by atoms with E-state index in [-0.39, 0.29) is 6.03 Å². The first-order valence-corrected chi connectivity index (χ1v) is 7.22. The first-order valence-electron chi connectivity index (χ1n) is 7.22. The number of urea groups is 1. The van der Waals surface area contributed by atoms with Crippen LogP contribution in [0.1, 0.15) is 12.5 Å². The van der Waals surface area contributed by atoms with Gasteiger partial charge in [0.15, 0.2) is 0 Å². The molecule has 0 saturated carbocycles. The largest absolute Gasteiger partial charge is 0.370 e. The quantitative estimate of drug-likeness (QED) is 0.850. The number of anilines is 1. The Bertz CT molecular complexity index is 492. The van der Waals surface area contributed by atoms with E-state index >= 15 is 0 Å². The van der Waals surface area contributed by atoms with Gasteiger partial charge in [-0.05, 0) is 24.6 Å². The number of pyridine rings is 1. The van der Waals surface area contributed by atoms with Crippen LogP contribution in [0.2, 0.25) is 0 Å². The van der Waals surface area contributed by atoms with E-state index in [0.717, 1.165) is 45.1 Å². The van der Waals surface area contributed by atoms with Crippen molar-refractivity contribution in [1.29, 1.82) is 0 Å². The van der Waals surface area contributed by atoms with Crippen LogP contribution in [0.25, 0.3) is 0 Å². The van der Waals surface area contributed by atoms with E-state index in [2.05, 4.69) is 39.6 Å². The zero-order valence-corrected chi connectivity index (χ0v) is 11.8. The summed E-state index contributed by atoms with van der Waals surface area (Å²) >= 11 is 0. The van der Waals surface area contributed by atoms with Crippen LogP contribution >= 0.6 is 0 Å². The summed E-state index contributed by atoms with van der Waals surface area (Å²) in [6.07, 6.45) is 1.85. The Hall–Kier alpha value is -1.82. The molecule has 0 aliphatic carbocycles. The van der Waals surface area contributed by atoms with Crippen LogP contribution in [0.15, 0.2) is 18.3 Å². The lowest BCUT2D eigenvalue weighted by Crippen LogP contribution is -2.51. The number of hydrogen-bond acceptors (Lipinski definition) is 4. The number of rotatable bonds is 4. The minimum Gasteiger partial charge on any atom is -0.370 e. The fourth-order valence-electron chi connectivity index (χ4n) is 2.92. The molecule has 0 radical (unpaired) electrons. The van der Waals surface area contributed by atoms with Crippen LogP contribution in [-0.2, 0) is 6.54 Å². The van der Waals surface area contributed by atoms with Crippen molar-refractivity contribution >= 4 is 11.8 Å². The van der Waals surface area contributed by atoms with Gasteiger partial charge in [-0.3, -0.25) is 4.90 Å². The number of piperazine rings is 1. The Morgan fingerprint density at radius 3 is 3.25 bits per heavy atom. The van der Waals surface area contributed by atoms with Crippen LogP contribution in [0.3, 0.4) is 0 Å². The molecule has 1 atom stereocenters. The minimum atomic E-state index is 0.0907. The second-order valence-electron chi connectivity index (χ2n) is 5.35. The van der Waals surface area contributed by atoms with Crippen molar-refractivity contribution in [1.82, 2.24) is 20.1 Å². The molecule has 2 saturated heterocycles. The second-order valence-corrected chi connectivity index (χ2v) is 5.35. The monoisotopic (exact) mass is 275 g/mol. The average molecular weight is 275 g/mol. The number of carbonyl (C=O) groups excluding carboxylic acids is 1. The van der Waals surface area contributed by atoms with Crippen LogP contribution in [0.5, 0.6) is 0 Å². The molecule has 3 heterocycles. The van der Waals surface area contributed by atoms with E-state index in [4.69, 9.17) is 0 Å². The van der Waals surface area contributed by atoms with Gasteiger partial charge >= 0.3 is 6.03 Å². The second kappa shape index (κ2) is 5.66. The van der Waals surface area contributed by atoms with Gasteiger partial charge in [-0.1, -0.05) is 0 Å². The van der Waals surface area contributed by atoms with E-state index in [9.17, 15) is 4.79 Å². The third kappa shape index (κ3) is 2.70. The maximum atomic E-state index is 11.6. The van der Waals surface area contributed by atoms with Gasteiger partial charge in [-0.15, -0.1) is 0 Å². The Labute approximate surface area is 119 Å². The number of aromatic nitrogens is 1. The number of carbonyl (C=O) groups is 1. The van der Waals surface area contributed by atoms with Crippen LogP contribution in [0, 0.1) is 0 Å². The Balaban J connectivity index is 1.61. The summed E-state index contributed by atoms with van der Waals surface area (Å²) in [5.74, 6) is 0.932. The molecule has 2 aliphatic rings. The van der Waals surface area contributed by atoms with Crippen molar-refractivity contribution in [3.8, 4) is 0 Å². The lowest BCUT2D eigenvalue weighted by molar-refractivity contribution is 0.116. The molecule has 108 valence electrons. The normalized spacial score (nSPS) is 22.6. The third-order valence-corrected chi connectivity index (χ3v) is 3.91. The molecule has 3 rings (SSSR count). The van der Waals surface area contributed by atoms with E-state index in [0.29, 0.717) is 6.04 Å². The predicted molar refractivity (Wildman–Crippen MR) is 77.6 cm³/mol. The molecule has 1 aromatic rings. The topological polar surface area (TPSA) is 60.5 Å².